The zero-order chi connectivity index (χ0) is 43.1. The molecule has 59 heavy (non-hydrogen) atoms. The van der Waals surface area contributed by atoms with E-state index < -0.39 is 6.10 Å². The van der Waals surface area contributed by atoms with Gasteiger partial charge in [0.15, 0.2) is 6.10 Å². The molecule has 0 saturated heterocycles. The molecule has 6 heteroatoms. The lowest BCUT2D eigenvalue weighted by atomic mass is 10.0. The fourth-order valence-electron chi connectivity index (χ4n) is 8.04. The first-order valence-corrected chi connectivity index (χ1v) is 26.4. The Bertz CT molecular complexity index is 887. The van der Waals surface area contributed by atoms with Crippen molar-refractivity contribution in [2.24, 2.45) is 5.92 Å². The van der Waals surface area contributed by atoms with Crippen LogP contribution in [0, 0.1) is 5.92 Å². The number of unbranched alkanes of at least 4 members (excludes halogenated alkanes) is 35. The lowest BCUT2D eigenvalue weighted by Gasteiger charge is -2.18. The smallest absolute Gasteiger partial charge is 0.306 e. The van der Waals surface area contributed by atoms with Gasteiger partial charge in [0.05, 0.1) is 0 Å². The molecule has 0 aliphatic heterocycles. The largest absolute Gasteiger partial charge is 0.462 e. The molecule has 1 atom stereocenters. The van der Waals surface area contributed by atoms with Gasteiger partial charge in [0, 0.05) is 19.3 Å². The van der Waals surface area contributed by atoms with Crippen LogP contribution in [0.4, 0.5) is 0 Å². The standard InChI is InChI=1S/C53H102O6/c1-5-7-9-11-13-15-16-17-18-19-20-21-22-25-30-34-38-42-46-53(56)59-50(47-57-51(54)44-40-36-32-27-14-12-10-8-6-2)48-58-52(55)45-41-37-33-29-26-23-24-28-31-35-39-43-49(3)4/h49-50H,5-48H2,1-4H3/t50-/m0/s1. The van der Waals surface area contributed by atoms with Gasteiger partial charge in [-0.1, -0.05) is 259 Å². The van der Waals surface area contributed by atoms with Gasteiger partial charge in [0.2, 0.25) is 0 Å². The Morgan fingerprint density at radius 3 is 0.831 bits per heavy atom. The molecule has 0 bridgehead atoms. The van der Waals surface area contributed by atoms with E-state index in [1.807, 2.05) is 0 Å². The van der Waals surface area contributed by atoms with Crippen molar-refractivity contribution < 1.29 is 28.6 Å². The molecule has 0 aromatic rings. The van der Waals surface area contributed by atoms with Crippen molar-refractivity contribution in [2.45, 2.75) is 303 Å². The normalized spacial score (nSPS) is 11.9. The van der Waals surface area contributed by atoms with Crippen LogP contribution in [0.25, 0.3) is 0 Å². The summed E-state index contributed by atoms with van der Waals surface area (Å²) in [6.07, 6.45) is 49.5. The number of carbonyl (C=O) groups excluding carboxylic acids is 3. The molecule has 0 saturated carbocycles. The Hall–Kier alpha value is -1.59. The highest BCUT2D eigenvalue weighted by molar-refractivity contribution is 5.71. The first-order chi connectivity index (χ1) is 28.9. The van der Waals surface area contributed by atoms with E-state index in [1.165, 1.54) is 193 Å². The van der Waals surface area contributed by atoms with E-state index in [-0.39, 0.29) is 31.1 Å². The summed E-state index contributed by atoms with van der Waals surface area (Å²) in [5.41, 5.74) is 0. The third-order valence-electron chi connectivity index (χ3n) is 12.0. The molecule has 350 valence electrons. The third-order valence-corrected chi connectivity index (χ3v) is 12.0. The molecular formula is C53H102O6. The molecule has 0 amide bonds. The lowest BCUT2D eigenvalue weighted by molar-refractivity contribution is -0.167. The fourth-order valence-corrected chi connectivity index (χ4v) is 8.04. The Morgan fingerprint density at radius 1 is 0.322 bits per heavy atom. The Labute approximate surface area is 368 Å². The van der Waals surface area contributed by atoms with Crippen LogP contribution in [0.15, 0.2) is 0 Å². The number of carbonyl (C=O) groups is 3. The summed E-state index contributed by atoms with van der Waals surface area (Å²) in [5, 5.41) is 0. The van der Waals surface area contributed by atoms with Crippen LogP contribution < -0.4 is 0 Å². The minimum absolute atomic E-state index is 0.0630. The van der Waals surface area contributed by atoms with Crippen molar-refractivity contribution in [1.29, 1.82) is 0 Å². The molecule has 0 aliphatic rings. The van der Waals surface area contributed by atoms with Gasteiger partial charge < -0.3 is 14.2 Å². The molecule has 0 N–H and O–H groups in total. The highest BCUT2D eigenvalue weighted by Crippen LogP contribution is 2.17. The number of rotatable bonds is 48. The van der Waals surface area contributed by atoms with Crippen molar-refractivity contribution in [1.82, 2.24) is 0 Å². The zero-order valence-corrected chi connectivity index (χ0v) is 40.2. The summed E-state index contributed by atoms with van der Waals surface area (Å²) in [4.78, 5) is 37.9. The fraction of sp³-hybridized carbons (Fsp3) is 0.943. The monoisotopic (exact) mass is 835 g/mol. The van der Waals surface area contributed by atoms with E-state index in [0.29, 0.717) is 19.3 Å². The van der Waals surface area contributed by atoms with Crippen LogP contribution >= 0.6 is 0 Å². The number of esters is 3. The van der Waals surface area contributed by atoms with Crippen LogP contribution in [-0.4, -0.2) is 37.2 Å². The van der Waals surface area contributed by atoms with Gasteiger partial charge in [-0.15, -0.1) is 0 Å². The van der Waals surface area contributed by atoms with E-state index in [1.54, 1.807) is 0 Å². The van der Waals surface area contributed by atoms with Crippen LogP contribution in [0.5, 0.6) is 0 Å². The predicted octanol–water partition coefficient (Wildman–Crippen LogP) is 17.1. The maximum atomic E-state index is 12.8. The lowest BCUT2D eigenvalue weighted by Crippen LogP contribution is -2.30. The first kappa shape index (κ1) is 57.4. The van der Waals surface area contributed by atoms with Crippen molar-refractivity contribution in [3.63, 3.8) is 0 Å². The molecule has 0 aromatic heterocycles. The molecule has 0 aliphatic carbocycles. The molecule has 6 nitrogen and oxygen atoms in total. The molecule has 0 radical (unpaired) electrons. The minimum Gasteiger partial charge on any atom is -0.462 e. The molecular weight excluding hydrogens is 733 g/mol. The molecule has 0 aromatic carbocycles. The summed E-state index contributed by atoms with van der Waals surface area (Å²) in [6, 6.07) is 0. The van der Waals surface area contributed by atoms with Gasteiger partial charge in [-0.25, -0.2) is 0 Å². The van der Waals surface area contributed by atoms with Crippen LogP contribution in [-0.2, 0) is 28.6 Å². The molecule has 0 heterocycles. The van der Waals surface area contributed by atoms with Gasteiger partial charge in [-0.3, -0.25) is 14.4 Å². The molecule has 0 rings (SSSR count). The summed E-state index contributed by atoms with van der Waals surface area (Å²) in [5.74, 6) is -0.0194. The summed E-state index contributed by atoms with van der Waals surface area (Å²) >= 11 is 0. The average Bonchev–Trinajstić information content (AvgIpc) is 3.22. The number of hydrogen-bond donors (Lipinski definition) is 0. The van der Waals surface area contributed by atoms with E-state index in [2.05, 4.69) is 27.7 Å². The van der Waals surface area contributed by atoms with Gasteiger partial charge in [-0.05, 0) is 25.2 Å². The highest BCUT2D eigenvalue weighted by Gasteiger charge is 2.19. The van der Waals surface area contributed by atoms with Gasteiger partial charge in [0.1, 0.15) is 13.2 Å². The summed E-state index contributed by atoms with van der Waals surface area (Å²) in [7, 11) is 0. The van der Waals surface area contributed by atoms with E-state index in [9.17, 15) is 14.4 Å². The molecule has 0 unspecified atom stereocenters. The number of ether oxygens (including phenoxy) is 3. The van der Waals surface area contributed by atoms with Gasteiger partial charge in [-0.2, -0.15) is 0 Å². The van der Waals surface area contributed by atoms with Crippen LogP contribution in [0.2, 0.25) is 0 Å². The first-order valence-electron chi connectivity index (χ1n) is 26.4. The summed E-state index contributed by atoms with van der Waals surface area (Å²) < 4.78 is 16.8. The average molecular weight is 835 g/mol. The van der Waals surface area contributed by atoms with Crippen molar-refractivity contribution in [3.05, 3.63) is 0 Å². The maximum absolute atomic E-state index is 12.8. The topological polar surface area (TPSA) is 78.9 Å². The third kappa shape index (κ3) is 47.3. The second kappa shape index (κ2) is 47.5. The second-order valence-electron chi connectivity index (χ2n) is 18.6. The molecule has 0 spiro atoms. The van der Waals surface area contributed by atoms with Crippen molar-refractivity contribution in [2.75, 3.05) is 13.2 Å². The van der Waals surface area contributed by atoms with Gasteiger partial charge >= 0.3 is 17.9 Å². The quantitative estimate of drug-likeness (QED) is 0.0345. The van der Waals surface area contributed by atoms with Crippen LogP contribution in [0.1, 0.15) is 297 Å². The summed E-state index contributed by atoms with van der Waals surface area (Å²) in [6.45, 7) is 9.01. The van der Waals surface area contributed by atoms with E-state index >= 15 is 0 Å². The number of hydrogen-bond acceptors (Lipinski definition) is 6. The Balaban J connectivity index is 4.24. The Kier molecular flexibility index (Phi) is 46.2. The SMILES string of the molecule is CCCCCCCCCCCCCCCCCCCCC(=O)O[C@@H](COC(=O)CCCCCCCCCCC)COC(=O)CCCCCCCCCCCCCC(C)C. The van der Waals surface area contributed by atoms with Crippen molar-refractivity contribution in [3.8, 4) is 0 Å². The second-order valence-corrected chi connectivity index (χ2v) is 18.6. The van der Waals surface area contributed by atoms with E-state index in [4.69, 9.17) is 14.2 Å². The van der Waals surface area contributed by atoms with Crippen molar-refractivity contribution >= 4 is 17.9 Å². The minimum atomic E-state index is -0.760. The predicted molar refractivity (Wildman–Crippen MR) is 252 cm³/mol. The maximum Gasteiger partial charge on any atom is 0.306 e. The van der Waals surface area contributed by atoms with Gasteiger partial charge in [0.25, 0.3) is 0 Å². The van der Waals surface area contributed by atoms with E-state index in [0.717, 1.165) is 63.7 Å². The zero-order valence-electron chi connectivity index (χ0n) is 40.2. The molecule has 0 fully saturated rings. The van der Waals surface area contributed by atoms with Crippen LogP contribution in [0.3, 0.4) is 0 Å². The highest BCUT2D eigenvalue weighted by atomic mass is 16.6. The Morgan fingerprint density at radius 2 is 0.559 bits per heavy atom.